The van der Waals surface area contributed by atoms with Crippen LogP contribution in [0.4, 0.5) is 34.1 Å². The lowest BCUT2D eigenvalue weighted by atomic mass is 9.84. The highest BCUT2D eigenvalue weighted by atomic mass is 16.3. The van der Waals surface area contributed by atoms with Gasteiger partial charge in [-0.05, 0) is 197 Å². The van der Waals surface area contributed by atoms with E-state index in [2.05, 4.69) is 252 Å². The second-order valence-corrected chi connectivity index (χ2v) is 24.3. The molecule has 418 valence electrons. The summed E-state index contributed by atoms with van der Waals surface area (Å²) in [7, 11) is 0. The number of para-hydroxylation sites is 4. The van der Waals surface area contributed by atoms with Crippen LogP contribution in [0.2, 0.25) is 0 Å². The minimum Gasteiger partial charge on any atom is -0.456 e. The SMILES string of the molecule is c1ccc(-c2c(N(c3ccc4cc5c(cc4c3)oc3cc4oc6cc7cc(N(c8ccc9c(c8-c8ccccc8)CCCC9)c8cccc9c8oc8ccccc89)ccc7cc6c4cc35)c3cccc4c3oc3ccccc34)ccc3c2CCCC3)cc1. The molecule has 13 aromatic carbocycles. The summed E-state index contributed by atoms with van der Waals surface area (Å²) in [6.45, 7) is 0. The van der Waals surface area contributed by atoms with Crippen molar-refractivity contribution in [2.45, 2.75) is 51.4 Å². The van der Waals surface area contributed by atoms with Crippen molar-refractivity contribution < 1.29 is 17.7 Å². The average molecular weight is 1130 g/mol. The Labute approximate surface area is 506 Å². The van der Waals surface area contributed by atoms with Crippen molar-refractivity contribution in [3.8, 4) is 22.3 Å². The molecule has 0 atom stereocenters. The molecule has 6 nitrogen and oxygen atoms in total. The summed E-state index contributed by atoms with van der Waals surface area (Å²) in [5.41, 5.74) is 23.8. The Morgan fingerprint density at radius 1 is 0.250 bits per heavy atom. The van der Waals surface area contributed by atoms with Crippen LogP contribution < -0.4 is 9.80 Å². The number of nitrogens with zero attached hydrogens (tertiary/aromatic N) is 2. The third-order valence-corrected chi connectivity index (χ3v) is 19.3. The molecule has 2 aliphatic carbocycles. The number of furan rings is 4. The van der Waals surface area contributed by atoms with Crippen molar-refractivity contribution in [2.24, 2.45) is 0 Å². The number of hydrogen-bond acceptors (Lipinski definition) is 6. The van der Waals surface area contributed by atoms with Gasteiger partial charge in [0, 0.05) is 71.7 Å². The maximum atomic E-state index is 6.89. The van der Waals surface area contributed by atoms with Gasteiger partial charge in [0.05, 0.1) is 22.7 Å². The van der Waals surface area contributed by atoms with Crippen LogP contribution in [0.25, 0.3) is 132 Å². The molecule has 6 heteroatoms. The molecule has 0 radical (unpaired) electrons. The molecular formula is C82H56N2O4. The lowest BCUT2D eigenvalue weighted by Crippen LogP contribution is -2.14. The van der Waals surface area contributed by atoms with Gasteiger partial charge in [0.25, 0.3) is 0 Å². The third kappa shape index (κ3) is 7.61. The minimum atomic E-state index is 0.790. The van der Waals surface area contributed by atoms with E-state index >= 15 is 0 Å². The Bertz CT molecular complexity index is 5380. The third-order valence-electron chi connectivity index (χ3n) is 19.3. The second-order valence-electron chi connectivity index (χ2n) is 24.3. The highest BCUT2D eigenvalue weighted by Gasteiger charge is 2.29. The first-order chi connectivity index (χ1) is 43.6. The van der Waals surface area contributed by atoms with E-state index in [4.69, 9.17) is 17.7 Å². The number of aryl methyl sites for hydroxylation is 2. The molecule has 4 aromatic heterocycles. The molecule has 4 heterocycles. The van der Waals surface area contributed by atoms with E-state index in [0.717, 1.165) is 169 Å². The lowest BCUT2D eigenvalue weighted by molar-refractivity contribution is 0.656. The van der Waals surface area contributed by atoms with Gasteiger partial charge in [-0.1, -0.05) is 146 Å². The standard InChI is InChI=1S/C82H56N2O4/c1-3-19-51(20-4-1)79-59-23-9-7-17-49(59)35-39-69(79)83(71-29-15-27-63-61-25-11-13-31-73(61)87-81(63)71)57-37-33-53-43-65-67-47-68-66-44-54-34-38-58(42-56(54)46-76(66)86-78(68)48-77(67)85-75(65)45-55(53)41-57)84(72-30-16-28-64-62-26-12-14-32-74(62)88-82(64)72)70-40-36-50-18-8-10-24-60(50)80(70)52-21-5-2-6-22-52/h1-6,11-16,19-22,25-48H,7-10,17-18,23-24H2. The van der Waals surface area contributed by atoms with Crippen molar-refractivity contribution in [1.29, 1.82) is 0 Å². The first-order valence-electron chi connectivity index (χ1n) is 31.1. The van der Waals surface area contributed by atoms with Crippen LogP contribution in [0.1, 0.15) is 47.9 Å². The predicted molar refractivity (Wildman–Crippen MR) is 364 cm³/mol. The number of rotatable bonds is 8. The Kier molecular flexibility index (Phi) is 10.9. The minimum absolute atomic E-state index is 0.790. The average Bonchev–Trinajstić information content (AvgIpc) is 1.57. The largest absolute Gasteiger partial charge is 0.456 e. The fourth-order valence-corrected chi connectivity index (χ4v) is 15.3. The molecule has 0 N–H and O–H groups in total. The monoisotopic (exact) mass is 1130 g/mol. The Hall–Kier alpha value is -10.8. The van der Waals surface area contributed by atoms with Gasteiger partial charge in [0.15, 0.2) is 11.2 Å². The van der Waals surface area contributed by atoms with Crippen molar-refractivity contribution in [1.82, 2.24) is 0 Å². The fraction of sp³-hybridized carbons (Fsp3) is 0.0976. The summed E-state index contributed by atoms with van der Waals surface area (Å²) in [6.07, 6.45) is 9.05. The van der Waals surface area contributed by atoms with Crippen molar-refractivity contribution in [3.63, 3.8) is 0 Å². The summed E-state index contributed by atoms with van der Waals surface area (Å²) >= 11 is 0. The molecule has 0 saturated heterocycles. The van der Waals surface area contributed by atoms with Crippen molar-refractivity contribution >= 4 is 143 Å². The van der Waals surface area contributed by atoms with Gasteiger partial charge in [-0.15, -0.1) is 0 Å². The molecule has 17 aromatic rings. The summed E-state index contributed by atoms with van der Waals surface area (Å²) in [5.74, 6) is 0. The second kappa shape index (κ2) is 19.3. The highest BCUT2D eigenvalue weighted by molar-refractivity contribution is 6.19. The Morgan fingerprint density at radius 3 is 1.16 bits per heavy atom. The van der Waals surface area contributed by atoms with Crippen LogP contribution in [0, 0.1) is 0 Å². The van der Waals surface area contributed by atoms with Gasteiger partial charge in [-0.25, -0.2) is 0 Å². The number of anilines is 6. The zero-order chi connectivity index (χ0) is 57.6. The van der Waals surface area contributed by atoms with Crippen LogP contribution in [-0.4, -0.2) is 0 Å². The maximum Gasteiger partial charge on any atom is 0.159 e. The smallest absolute Gasteiger partial charge is 0.159 e. The predicted octanol–water partition coefficient (Wildman–Crippen LogP) is 23.6. The van der Waals surface area contributed by atoms with Crippen molar-refractivity contribution in [3.05, 3.63) is 265 Å². The first kappa shape index (κ1) is 49.4. The van der Waals surface area contributed by atoms with E-state index in [-0.39, 0.29) is 0 Å². The van der Waals surface area contributed by atoms with Crippen LogP contribution >= 0.6 is 0 Å². The molecule has 0 fully saturated rings. The highest BCUT2D eigenvalue weighted by Crippen LogP contribution is 2.52. The quantitative estimate of drug-likeness (QED) is 0.151. The topological polar surface area (TPSA) is 59.0 Å². The zero-order valence-electron chi connectivity index (χ0n) is 48.3. The molecule has 88 heavy (non-hydrogen) atoms. The van der Waals surface area contributed by atoms with Crippen LogP contribution in [0.15, 0.2) is 260 Å². The first-order valence-corrected chi connectivity index (χ1v) is 31.1. The molecule has 0 bridgehead atoms. The Morgan fingerprint density at radius 2 is 0.670 bits per heavy atom. The molecule has 0 aliphatic heterocycles. The summed E-state index contributed by atoms with van der Waals surface area (Å²) in [4.78, 5) is 4.87. The molecule has 19 rings (SSSR count). The molecule has 0 spiro atoms. The number of fused-ring (bicyclic) bond motifs is 16. The van der Waals surface area contributed by atoms with E-state index in [9.17, 15) is 0 Å². The molecular weight excluding hydrogens is 1080 g/mol. The van der Waals surface area contributed by atoms with E-state index in [1.165, 1.54) is 70.2 Å². The van der Waals surface area contributed by atoms with Gasteiger partial charge < -0.3 is 27.5 Å². The Balaban J connectivity index is 0.747. The van der Waals surface area contributed by atoms with Gasteiger partial charge in [0.2, 0.25) is 0 Å². The van der Waals surface area contributed by atoms with Gasteiger partial charge in [-0.2, -0.15) is 0 Å². The fourth-order valence-electron chi connectivity index (χ4n) is 15.3. The lowest BCUT2D eigenvalue weighted by Gasteiger charge is -2.31. The van der Waals surface area contributed by atoms with Crippen LogP contribution in [0.3, 0.4) is 0 Å². The van der Waals surface area contributed by atoms with Crippen molar-refractivity contribution in [2.75, 3.05) is 9.80 Å². The summed E-state index contributed by atoms with van der Waals surface area (Å²) in [5, 5.41) is 13.1. The van der Waals surface area contributed by atoms with E-state index in [1.807, 2.05) is 0 Å². The normalized spacial score (nSPS) is 13.5. The zero-order valence-corrected chi connectivity index (χ0v) is 48.3. The van der Waals surface area contributed by atoms with E-state index < -0.39 is 0 Å². The number of benzene rings is 13. The van der Waals surface area contributed by atoms with Crippen LogP contribution in [0.5, 0.6) is 0 Å². The molecule has 2 aliphatic rings. The molecule has 0 unspecified atom stereocenters. The van der Waals surface area contributed by atoms with E-state index in [0.29, 0.717) is 0 Å². The van der Waals surface area contributed by atoms with Gasteiger partial charge in [-0.3, -0.25) is 0 Å². The van der Waals surface area contributed by atoms with E-state index in [1.54, 1.807) is 0 Å². The van der Waals surface area contributed by atoms with Gasteiger partial charge >= 0.3 is 0 Å². The number of hydrogen-bond donors (Lipinski definition) is 0. The maximum absolute atomic E-state index is 6.89. The molecule has 0 amide bonds. The van der Waals surface area contributed by atoms with Gasteiger partial charge in [0.1, 0.15) is 33.5 Å². The van der Waals surface area contributed by atoms with Crippen LogP contribution in [-0.2, 0) is 25.7 Å². The summed E-state index contributed by atoms with van der Waals surface area (Å²) in [6, 6.07) is 88.4. The summed E-state index contributed by atoms with van der Waals surface area (Å²) < 4.78 is 27.5. The molecule has 0 saturated carbocycles.